The lowest BCUT2D eigenvalue weighted by Crippen LogP contribution is -2.29. The highest BCUT2D eigenvalue weighted by atomic mass is 16.5. The summed E-state index contributed by atoms with van der Waals surface area (Å²) >= 11 is 0. The molecular formula is C17H15N3O5. The Labute approximate surface area is 141 Å². The number of H-pyrrole nitrogens is 1. The van der Waals surface area contributed by atoms with E-state index < -0.39 is 11.2 Å². The smallest absolute Gasteiger partial charge is 0.361 e. The summed E-state index contributed by atoms with van der Waals surface area (Å²) in [6.07, 6.45) is 7.32. The zero-order valence-corrected chi connectivity index (χ0v) is 13.2. The van der Waals surface area contributed by atoms with E-state index in [2.05, 4.69) is 4.99 Å². The molecule has 0 spiro atoms. The molecule has 1 aromatic carbocycles. The number of phenolic OH excluding ortho intramolecular Hbond substituents is 1. The van der Waals surface area contributed by atoms with Crippen LogP contribution in [0.15, 0.2) is 69.3 Å². The van der Waals surface area contributed by atoms with Gasteiger partial charge in [0.05, 0.1) is 17.6 Å². The van der Waals surface area contributed by atoms with Gasteiger partial charge in [-0.15, -0.1) is 4.73 Å². The van der Waals surface area contributed by atoms with Crippen LogP contribution in [0.3, 0.4) is 0 Å². The van der Waals surface area contributed by atoms with Gasteiger partial charge in [-0.2, -0.15) is 0 Å². The molecule has 3 N–H and O–H groups in total. The highest BCUT2D eigenvalue weighted by molar-refractivity contribution is 6.17. The summed E-state index contributed by atoms with van der Waals surface area (Å²) in [7, 11) is 0. The monoisotopic (exact) mass is 341 g/mol. The maximum atomic E-state index is 10.8. The largest absolute Gasteiger partial charge is 0.508 e. The summed E-state index contributed by atoms with van der Waals surface area (Å²) in [5, 5.41) is 17.7. The fourth-order valence-electron chi connectivity index (χ4n) is 1.75. The molecule has 1 heterocycles. The molecule has 1 aliphatic rings. The van der Waals surface area contributed by atoms with Gasteiger partial charge in [0.2, 0.25) is 0 Å². The van der Waals surface area contributed by atoms with Crippen LogP contribution in [-0.2, 0) is 4.79 Å². The number of nitrogens with one attached hydrogen (secondary N) is 1. The molecule has 0 amide bonds. The predicted molar refractivity (Wildman–Crippen MR) is 91.7 cm³/mol. The minimum atomic E-state index is -0.824. The molecule has 25 heavy (non-hydrogen) atoms. The highest BCUT2D eigenvalue weighted by Gasteiger charge is 1.99. The van der Waals surface area contributed by atoms with Crippen LogP contribution in [0.2, 0.25) is 0 Å². The molecule has 0 unspecified atom stereocenters. The first-order valence-electron chi connectivity index (χ1n) is 7.15. The van der Waals surface area contributed by atoms with E-state index in [-0.39, 0.29) is 11.5 Å². The van der Waals surface area contributed by atoms with E-state index in [0.29, 0.717) is 10.3 Å². The third-order valence-corrected chi connectivity index (χ3v) is 3.05. The Balaban J connectivity index is 0.000000196. The van der Waals surface area contributed by atoms with Crippen molar-refractivity contribution < 1.29 is 15.1 Å². The van der Waals surface area contributed by atoms with Crippen molar-refractivity contribution in [3.05, 3.63) is 81.2 Å². The molecule has 1 aromatic heterocycles. The fraction of sp³-hybridized carbons (Fsp3) is 0.0588. The lowest BCUT2D eigenvalue weighted by Gasteiger charge is -1.99. The van der Waals surface area contributed by atoms with Crippen LogP contribution in [0.1, 0.15) is 5.56 Å². The van der Waals surface area contributed by atoms with Crippen molar-refractivity contribution in [2.24, 2.45) is 4.99 Å². The van der Waals surface area contributed by atoms with E-state index in [1.807, 2.05) is 4.98 Å². The molecule has 2 aromatic rings. The quantitative estimate of drug-likeness (QED) is 0.532. The SMILES string of the molecule is Cc1cn(O)c(=O)[nH]c1=O.O=C1C=CC(=Nc2ccc(O)cc2)C=C1. The van der Waals surface area contributed by atoms with Gasteiger partial charge >= 0.3 is 5.69 Å². The third-order valence-electron chi connectivity index (χ3n) is 3.05. The number of hydrogen-bond acceptors (Lipinski definition) is 6. The second-order valence-electron chi connectivity index (χ2n) is 5.04. The van der Waals surface area contributed by atoms with Gasteiger partial charge in [-0.3, -0.25) is 14.6 Å². The lowest BCUT2D eigenvalue weighted by molar-refractivity contribution is -0.110. The Hall–Kier alpha value is -3.68. The zero-order chi connectivity index (χ0) is 18.4. The van der Waals surface area contributed by atoms with Crippen LogP contribution in [0.5, 0.6) is 5.75 Å². The van der Waals surface area contributed by atoms with E-state index in [4.69, 9.17) is 10.3 Å². The first kappa shape index (κ1) is 17.7. The Morgan fingerprint density at radius 1 is 1.00 bits per heavy atom. The summed E-state index contributed by atoms with van der Waals surface area (Å²) in [5.41, 5.74) is 0.458. The number of aliphatic imine (C=N–C) groups is 1. The van der Waals surface area contributed by atoms with Gasteiger partial charge in [0.1, 0.15) is 5.75 Å². The number of carbonyl (C=O) groups excluding carboxylic acids is 1. The molecule has 3 rings (SSSR count). The molecule has 0 radical (unpaired) electrons. The second-order valence-corrected chi connectivity index (χ2v) is 5.04. The highest BCUT2D eigenvalue weighted by Crippen LogP contribution is 2.17. The molecule has 0 aliphatic heterocycles. The number of aromatic nitrogens is 2. The molecule has 0 saturated carbocycles. The van der Waals surface area contributed by atoms with Crippen LogP contribution in [-0.4, -0.2) is 31.5 Å². The molecular weight excluding hydrogens is 326 g/mol. The molecule has 0 saturated heterocycles. The van der Waals surface area contributed by atoms with Crippen LogP contribution < -0.4 is 11.2 Å². The molecule has 128 valence electrons. The van der Waals surface area contributed by atoms with Gasteiger partial charge in [-0.1, -0.05) is 0 Å². The topological polar surface area (TPSA) is 125 Å². The summed E-state index contributed by atoms with van der Waals surface area (Å²) < 4.78 is 0.330. The molecule has 8 heteroatoms. The normalized spacial score (nSPS) is 12.5. The predicted octanol–water partition coefficient (Wildman–Crippen LogP) is 1.24. The van der Waals surface area contributed by atoms with Crippen molar-refractivity contribution in [3.8, 4) is 5.75 Å². The molecule has 8 nitrogen and oxygen atoms in total. The van der Waals surface area contributed by atoms with Crippen molar-refractivity contribution in [1.82, 2.24) is 9.71 Å². The third kappa shape index (κ3) is 5.17. The van der Waals surface area contributed by atoms with Crippen molar-refractivity contribution in [2.45, 2.75) is 6.92 Å². The fourth-order valence-corrected chi connectivity index (χ4v) is 1.75. The van der Waals surface area contributed by atoms with Gasteiger partial charge < -0.3 is 10.3 Å². The van der Waals surface area contributed by atoms with Gasteiger partial charge in [-0.05, 0) is 55.5 Å². The van der Waals surface area contributed by atoms with Gasteiger partial charge in [0.15, 0.2) is 5.78 Å². The van der Waals surface area contributed by atoms with E-state index in [9.17, 15) is 14.4 Å². The van der Waals surface area contributed by atoms with Gasteiger partial charge in [0.25, 0.3) is 5.56 Å². The Bertz CT molecular complexity index is 929. The number of carbonyl (C=O) groups is 1. The average molecular weight is 341 g/mol. The number of aryl methyl sites for hydroxylation is 1. The zero-order valence-electron chi connectivity index (χ0n) is 13.2. The van der Waals surface area contributed by atoms with E-state index in [0.717, 1.165) is 17.6 Å². The summed E-state index contributed by atoms with van der Waals surface area (Å²) in [6, 6.07) is 6.56. The Morgan fingerprint density at radius 2 is 1.60 bits per heavy atom. The van der Waals surface area contributed by atoms with E-state index in [1.54, 1.807) is 36.4 Å². The first-order valence-corrected chi connectivity index (χ1v) is 7.15. The number of benzene rings is 1. The van der Waals surface area contributed by atoms with Crippen molar-refractivity contribution in [1.29, 1.82) is 0 Å². The van der Waals surface area contributed by atoms with Crippen LogP contribution >= 0.6 is 0 Å². The summed E-state index contributed by atoms with van der Waals surface area (Å²) in [4.78, 5) is 38.1. The summed E-state index contributed by atoms with van der Waals surface area (Å²) in [5.74, 6) is 0.184. The number of allylic oxidation sites excluding steroid dienone is 4. The number of ketones is 1. The minimum absolute atomic E-state index is 0.0281. The number of hydrogen-bond donors (Lipinski definition) is 3. The van der Waals surface area contributed by atoms with Crippen molar-refractivity contribution in [2.75, 3.05) is 0 Å². The molecule has 0 atom stereocenters. The maximum Gasteiger partial charge on any atom is 0.361 e. The lowest BCUT2D eigenvalue weighted by atomic mass is 10.1. The number of aromatic hydroxyl groups is 1. The van der Waals surface area contributed by atoms with E-state index in [1.165, 1.54) is 19.1 Å². The molecule has 1 aliphatic carbocycles. The van der Waals surface area contributed by atoms with Crippen molar-refractivity contribution in [3.63, 3.8) is 0 Å². The van der Waals surface area contributed by atoms with Crippen molar-refractivity contribution >= 4 is 17.2 Å². The minimum Gasteiger partial charge on any atom is -0.508 e. The van der Waals surface area contributed by atoms with Crippen LogP contribution in [0.25, 0.3) is 0 Å². The summed E-state index contributed by atoms with van der Waals surface area (Å²) in [6.45, 7) is 1.49. The van der Waals surface area contributed by atoms with Crippen LogP contribution in [0.4, 0.5) is 5.69 Å². The Morgan fingerprint density at radius 3 is 2.16 bits per heavy atom. The average Bonchev–Trinajstić information content (AvgIpc) is 2.58. The number of rotatable bonds is 1. The first-order chi connectivity index (χ1) is 11.8. The second kappa shape index (κ2) is 7.73. The molecule has 0 bridgehead atoms. The van der Waals surface area contributed by atoms with Gasteiger partial charge in [-0.25, -0.2) is 9.79 Å². The standard InChI is InChI=1S/C12H9NO2.C5H6N2O3/c14-11-5-1-9(2-6-11)13-10-3-7-12(15)8-4-10;1-3-2-7(10)5(9)6-4(3)8/h1-8,14H;2,10H,1H3,(H,6,8,9). The van der Waals surface area contributed by atoms with Gasteiger partial charge in [0, 0.05) is 5.56 Å². The van der Waals surface area contributed by atoms with E-state index >= 15 is 0 Å². The Kier molecular flexibility index (Phi) is 5.47. The maximum absolute atomic E-state index is 10.8. The number of aromatic amines is 1. The molecule has 0 fully saturated rings. The van der Waals surface area contributed by atoms with Crippen LogP contribution in [0, 0.1) is 6.92 Å². The number of nitrogens with zero attached hydrogens (tertiary/aromatic N) is 2. The number of phenols is 1.